The van der Waals surface area contributed by atoms with E-state index in [1.165, 1.54) is 23.1 Å². The Bertz CT molecular complexity index is 694. The van der Waals surface area contributed by atoms with Gasteiger partial charge in [0.2, 0.25) is 0 Å². The van der Waals surface area contributed by atoms with E-state index in [1.54, 1.807) is 11.9 Å². The van der Waals surface area contributed by atoms with Gasteiger partial charge >= 0.3 is 6.18 Å². The summed E-state index contributed by atoms with van der Waals surface area (Å²) in [6.45, 7) is 0.650. The minimum atomic E-state index is -4.20. The molecule has 2 fully saturated rings. The molecule has 2 unspecified atom stereocenters. The van der Waals surface area contributed by atoms with Gasteiger partial charge in [-0.25, -0.2) is 8.78 Å². The van der Waals surface area contributed by atoms with E-state index in [9.17, 15) is 22.0 Å². The lowest BCUT2D eigenvalue weighted by Gasteiger charge is -2.23. The molecule has 0 aliphatic carbocycles. The maximum Gasteiger partial charge on any atom is 0.401 e. The average molecular weight is 533 g/mol. The number of guanidine groups is 1. The molecule has 2 heterocycles. The van der Waals surface area contributed by atoms with Crippen molar-refractivity contribution in [3.8, 4) is 0 Å². The van der Waals surface area contributed by atoms with E-state index >= 15 is 0 Å². The molecule has 0 aromatic heterocycles. The number of hydrogen-bond donors (Lipinski definition) is 2. The van der Waals surface area contributed by atoms with Crippen molar-refractivity contribution in [1.29, 1.82) is 0 Å². The third-order valence-electron chi connectivity index (χ3n) is 5.02. The lowest BCUT2D eigenvalue weighted by atomic mass is 10.2. The SMILES string of the molecule is CN=C(NC1CCN(CC(F)(F)F)C1)NC1CCN(c2c(F)cccc2F)C1.I. The molecule has 0 saturated carbocycles. The van der Waals surface area contributed by atoms with Crippen molar-refractivity contribution in [3.63, 3.8) is 0 Å². The first-order valence-electron chi connectivity index (χ1n) is 9.23. The van der Waals surface area contributed by atoms with Gasteiger partial charge in [0.05, 0.1) is 6.54 Å². The van der Waals surface area contributed by atoms with Crippen LogP contribution in [-0.4, -0.2) is 68.9 Å². The molecule has 3 rings (SSSR count). The molecule has 11 heteroatoms. The Labute approximate surface area is 183 Å². The van der Waals surface area contributed by atoms with E-state index in [0.29, 0.717) is 38.4 Å². The highest BCUT2D eigenvalue weighted by Crippen LogP contribution is 2.26. The summed E-state index contributed by atoms with van der Waals surface area (Å²) in [4.78, 5) is 7.15. The van der Waals surface area contributed by atoms with Crippen LogP contribution in [0.25, 0.3) is 0 Å². The summed E-state index contributed by atoms with van der Waals surface area (Å²) in [5.41, 5.74) is -0.0340. The zero-order chi connectivity index (χ0) is 20.3. The number of likely N-dealkylation sites (tertiary alicyclic amines) is 1. The summed E-state index contributed by atoms with van der Waals surface area (Å²) < 4.78 is 65.5. The van der Waals surface area contributed by atoms with Crippen molar-refractivity contribution in [2.75, 3.05) is 44.7 Å². The van der Waals surface area contributed by atoms with Gasteiger partial charge in [0.25, 0.3) is 0 Å². The van der Waals surface area contributed by atoms with E-state index in [0.717, 1.165) is 0 Å². The number of benzene rings is 1. The maximum absolute atomic E-state index is 14.0. The maximum atomic E-state index is 14.0. The summed E-state index contributed by atoms with van der Waals surface area (Å²) in [5.74, 6) is -0.711. The van der Waals surface area contributed by atoms with E-state index in [1.807, 2.05) is 0 Å². The van der Waals surface area contributed by atoms with E-state index in [4.69, 9.17) is 0 Å². The van der Waals surface area contributed by atoms with Crippen molar-refractivity contribution in [2.45, 2.75) is 31.1 Å². The smallest absolute Gasteiger partial charge is 0.365 e. The molecule has 0 spiro atoms. The fraction of sp³-hybridized carbons (Fsp3) is 0.611. The summed E-state index contributed by atoms with van der Waals surface area (Å²) in [6.07, 6.45) is -2.95. The largest absolute Gasteiger partial charge is 0.401 e. The predicted octanol–water partition coefficient (Wildman–Crippen LogP) is 2.96. The molecule has 164 valence electrons. The number of aliphatic imine (C=N–C) groups is 1. The molecule has 5 nitrogen and oxygen atoms in total. The first-order chi connectivity index (χ1) is 13.2. The molecule has 1 aromatic carbocycles. The Balaban J connectivity index is 0.00000300. The molecule has 0 bridgehead atoms. The summed E-state index contributed by atoms with van der Waals surface area (Å²) in [6, 6.07) is 3.59. The second-order valence-electron chi connectivity index (χ2n) is 7.20. The minimum absolute atomic E-state index is 0. The molecule has 2 atom stereocenters. The fourth-order valence-electron chi connectivity index (χ4n) is 3.78. The topological polar surface area (TPSA) is 42.9 Å². The lowest BCUT2D eigenvalue weighted by molar-refractivity contribution is -0.143. The molecular weight excluding hydrogens is 508 g/mol. The monoisotopic (exact) mass is 533 g/mol. The third-order valence-corrected chi connectivity index (χ3v) is 5.02. The second kappa shape index (κ2) is 10.1. The van der Waals surface area contributed by atoms with Crippen LogP contribution in [0.4, 0.5) is 27.6 Å². The van der Waals surface area contributed by atoms with Gasteiger partial charge in [-0.1, -0.05) is 6.07 Å². The van der Waals surface area contributed by atoms with Crippen molar-refractivity contribution < 1.29 is 22.0 Å². The van der Waals surface area contributed by atoms with Crippen LogP contribution in [0.3, 0.4) is 0 Å². The fourth-order valence-corrected chi connectivity index (χ4v) is 3.78. The highest BCUT2D eigenvalue weighted by molar-refractivity contribution is 14.0. The number of para-hydroxylation sites is 1. The predicted molar refractivity (Wildman–Crippen MR) is 113 cm³/mol. The van der Waals surface area contributed by atoms with Gasteiger partial charge in [-0.05, 0) is 25.0 Å². The van der Waals surface area contributed by atoms with E-state index in [2.05, 4.69) is 15.6 Å². The molecule has 2 N–H and O–H groups in total. The Morgan fingerprint density at radius 1 is 1.07 bits per heavy atom. The molecule has 2 aliphatic heterocycles. The first kappa shape index (κ1) is 23.9. The third kappa shape index (κ3) is 6.56. The van der Waals surface area contributed by atoms with Crippen LogP contribution in [0, 0.1) is 11.6 Å². The quantitative estimate of drug-likeness (QED) is 0.271. The number of rotatable bonds is 4. The minimum Gasteiger partial charge on any atom is -0.365 e. The lowest BCUT2D eigenvalue weighted by Crippen LogP contribution is -2.49. The normalized spacial score (nSPS) is 23.2. The van der Waals surface area contributed by atoms with Crippen LogP contribution < -0.4 is 15.5 Å². The van der Waals surface area contributed by atoms with Crippen LogP contribution in [0.2, 0.25) is 0 Å². The standard InChI is InChI=1S/C18H24F5N5.HI/c1-24-17(25-12-5-7-27(9-12)11-18(21,22)23)26-13-6-8-28(10-13)16-14(19)3-2-4-15(16)20;/h2-4,12-13H,5-11H2,1H3,(H2,24,25,26);1H. The van der Waals surface area contributed by atoms with Gasteiger partial charge in [0, 0.05) is 45.3 Å². The molecule has 2 saturated heterocycles. The number of halogens is 6. The molecule has 2 aliphatic rings. The zero-order valence-corrected chi connectivity index (χ0v) is 18.3. The number of anilines is 1. The van der Waals surface area contributed by atoms with Crippen LogP contribution >= 0.6 is 24.0 Å². The van der Waals surface area contributed by atoms with Gasteiger partial charge in [-0.15, -0.1) is 24.0 Å². The van der Waals surface area contributed by atoms with E-state index < -0.39 is 24.4 Å². The van der Waals surface area contributed by atoms with Gasteiger partial charge in [-0.2, -0.15) is 13.2 Å². The van der Waals surface area contributed by atoms with Gasteiger partial charge in [0.1, 0.15) is 17.3 Å². The van der Waals surface area contributed by atoms with Crippen molar-refractivity contribution in [2.24, 2.45) is 4.99 Å². The first-order valence-corrected chi connectivity index (χ1v) is 9.23. The summed E-state index contributed by atoms with van der Waals surface area (Å²) in [5, 5.41) is 6.35. The average Bonchev–Trinajstić information content (AvgIpc) is 3.22. The van der Waals surface area contributed by atoms with E-state index in [-0.39, 0.29) is 48.3 Å². The second-order valence-corrected chi connectivity index (χ2v) is 7.20. The van der Waals surface area contributed by atoms with Crippen LogP contribution in [0.1, 0.15) is 12.8 Å². The number of alkyl halides is 3. The van der Waals surface area contributed by atoms with Crippen LogP contribution in [-0.2, 0) is 0 Å². The van der Waals surface area contributed by atoms with Gasteiger partial charge < -0.3 is 15.5 Å². The van der Waals surface area contributed by atoms with Crippen molar-refractivity contribution in [3.05, 3.63) is 29.8 Å². The Kier molecular flexibility index (Phi) is 8.32. The molecule has 29 heavy (non-hydrogen) atoms. The molecule has 0 amide bonds. The highest BCUT2D eigenvalue weighted by Gasteiger charge is 2.35. The summed E-state index contributed by atoms with van der Waals surface area (Å²) >= 11 is 0. The van der Waals surface area contributed by atoms with Crippen molar-refractivity contribution >= 4 is 35.6 Å². The van der Waals surface area contributed by atoms with Gasteiger partial charge in [0.15, 0.2) is 5.96 Å². The molecule has 1 aromatic rings. The number of nitrogens with zero attached hydrogens (tertiary/aromatic N) is 3. The van der Waals surface area contributed by atoms with Gasteiger partial charge in [-0.3, -0.25) is 9.89 Å². The number of nitrogens with one attached hydrogen (secondary N) is 2. The number of hydrogen-bond acceptors (Lipinski definition) is 3. The van der Waals surface area contributed by atoms with Crippen molar-refractivity contribution in [1.82, 2.24) is 15.5 Å². The highest BCUT2D eigenvalue weighted by atomic mass is 127. The Morgan fingerprint density at radius 2 is 1.66 bits per heavy atom. The summed E-state index contributed by atoms with van der Waals surface area (Å²) in [7, 11) is 1.58. The molecular formula is C18H25F5IN5. The zero-order valence-electron chi connectivity index (χ0n) is 16.0. The molecule has 0 radical (unpaired) electrons. The van der Waals surface area contributed by atoms with Crippen LogP contribution in [0.5, 0.6) is 0 Å². The Hall–Kier alpha value is -1.37. The Morgan fingerprint density at radius 3 is 2.24 bits per heavy atom. The van der Waals surface area contributed by atoms with Crippen LogP contribution in [0.15, 0.2) is 23.2 Å².